The second-order valence-corrected chi connectivity index (χ2v) is 6.70. The molecule has 1 aliphatic heterocycles. The Bertz CT molecular complexity index is 863. The first kappa shape index (κ1) is 15.0. The third-order valence-electron chi connectivity index (χ3n) is 5.00. The van der Waals surface area contributed by atoms with Gasteiger partial charge in [-0.25, -0.2) is 4.98 Å². The molecule has 24 heavy (non-hydrogen) atoms. The van der Waals surface area contributed by atoms with Crippen LogP contribution in [0.3, 0.4) is 0 Å². The Balaban J connectivity index is 1.48. The summed E-state index contributed by atoms with van der Waals surface area (Å²) in [5, 5.41) is 1.09. The molecule has 0 saturated carbocycles. The highest BCUT2D eigenvalue weighted by Gasteiger charge is 2.25. The van der Waals surface area contributed by atoms with Gasteiger partial charge in [0.2, 0.25) is 0 Å². The predicted octanol–water partition coefficient (Wildman–Crippen LogP) is 3.00. The van der Waals surface area contributed by atoms with E-state index in [0.717, 1.165) is 54.6 Å². The molecular formula is C19H22N4O. The topological polar surface area (TPSA) is 53.9 Å². The number of piperidine rings is 1. The molecule has 1 unspecified atom stereocenters. The average Bonchev–Trinajstić information content (AvgIpc) is 3.23. The van der Waals surface area contributed by atoms with Crippen LogP contribution in [0.25, 0.3) is 10.9 Å². The van der Waals surface area contributed by atoms with Crippen LogP contribution in [0, 0.1) is 5.92 Å². The molecule has 1 saturated heterocycles. The monoisotopic (exact) mass is 322 g/mol. The molecule has 5 heteroatoms. The number of hydrogen-bond acceptors (Lipinski definition) is 2. The van der Waals surface area contributed by atoms with Gasteiger partial charge in [0, 0.05) is 61.6 Å². The van der Waals surface area contributed by atoms with E-state index >= 15 is 0 Å². The summed E-state index contributed by atoms with van der Waals surface area (Å²) in [5.74, 6) is 1.73. The largest absolute Gasteiger partial charge is 0.361 e. The third kappa shape index (κ3) is 2.82. The summed E-state index contributed by atoms with van der Waals surface area (Å²) in [6, 6.07) is 7.89. The van der Waals surface area contributed by atoms with E-state index < -0.39 is 0 Å². The summed E-state index contributed by atoms with van der Waals surface area (Å²) >= 11 is 0. The molecule has 2 aromatic heterocycles. The molecule has 124 valence electrons. The van der Waals surface area contributed by atoms with Crippen molar-refractivity contribution in [2.24, 2.45) is 13.0 Å². The Labute approximate surface area is 141 Å². The zero-order chi connectivity index (χ0) is 16.5. The van der Waals surface area contributed by atoms with Gasteiger partial charge >= 0.3 is 0 Å². The minimum Gasteiger partial charge on any atom is -0.361 e. The van der Waals surface area contributed by atoms with Crippen LogP contribution in [0.15, 0.2) is 42.9 Å². The number of nitrogens with zero attached hydrogens (tertiary/aromatic N) is 3. The summed E-state index contributed by atoms with van der Waals surface area (Å²) in [6.07, 6.45) is 8.88. The molecule has 1 N–H and O–H groups in total. The van der Waals surface area contributed by atoms with Crippen LogP contribution in [0.2, 0.25) is 0 Å². The number of nitrogens with one attached hydrogen (secondary N) is 1. The molecule has 0 aliphatic carbocycles. The number of likely N-dealkylation sites (tertiary alicyclic amines) is 1. The number of imidazole rings is 1. The maximum atomic E-state index is 12.9. The van der Waals surface area contributed by atoms with E-state index in [2.05, 4.69) is 14.5 Å². The maximum Gasteiger partial charge on any atom is 0.253 e. The van der Waals surface area contributed by atoms with Crippen molar-refractivity contribution in [3.05, 3.63) is 54.2 Å². The Morgan fingerprint density at radius 2 is 2.29 bits per heavy atom. The van der Waals surface area contributed by atoms with E-state index in [0.29, 0.717) is 5.92 Å². The molecule has 1 fully saturated rings. The van der Waals surface area contributed by atoms with Gasteiger partial charge in [-0.2, -0.15) is 0 Å². The Morgan fingerprint density at radius 1 is 1.38 bits per heavy atom. The van der Waals surface area contributed by atoms with Gasteiger partial charge in [0.15, 0.2) is 0 Å². The number of aromatic nitrogens is 3. The molecule has 1 amide bonds. The number of rotatable bonds is 3. The molecule has 0 radical (unpaired) electrons. The van der Waals surface area contributed by atoms with Crippen LogP contribution in [0.4, 0.5) is 0 Å². The van der Waals surface area contributed by atoms with Crippen LogP contribution < -0.4 is 0 Å². The van der Waals surface area contributed by atoms with Crippen molar-refractivity contribution in [1.82, 2.24) is 19.4 Å². The molecule has 3 heterocycles. The first-order valence-electron chi connectivity index (χ1n) is 8.53. The van der Waals surface area contributed by atoms with Crippen molar-refractivity contribution in [2.45, 2.75) is 19.3 Å². The number of hydrogen-bond donors (Lipinski definition) is 1. The van der Waals surface area contributed by atoms with E-state index in [1.165, 1.54) is 0 Å². The summed E-state index contributed by atoms with van der Waals surface area (Å²) in [4.78, 5) is 22.5. The van der Waals surface area contributed by atoms with Crippen molar-refractivity contribution < 1.29 is 4.79 Å². The average molecular weight is 322 g/mol. The van der Waals surface area contributed by atoms with E-state index in [1.54, 1.807) is 0 Å². The van der Waals surface area contributed by atoms with Crippen LogP contribution in [0.1, 0.15) is 29.0 Å². The SMILES string of the molecule is Cn1ccnc1CC1CCCN(C(=O)c2ccc3[nH]ccc3c2)C1. The quantitative estimate of drug-likeness (QED) is 0.806. The number of H-pyrrole nitrogens is 1. The fourth-order valence-corrected chi connectivity index (χ4v) is 3.64. The number of carbonyl (C=O) groups is 1. The Kier molecular flexibility index (Phi) is 3.84. The lowest BCUT2D eigenvalue weighted by atomic mass is 9.94. The van der Waals surface area contributed by atoms with Gasteiger partial charge in [0.05, 0.1) is 0 Å². The molecule has 1 aliphatic rings. The number of fused-ring (bicyclic) bond motifs is 1. The number of benzene rings is 1. The van der Waals surface area contributed by atoms with Gasteiger partial charge in [-0.1, -0.05) is 0 Å². The zero-order valence-electron chi connectivity index (χ0n) is 13.9. The first-order valence-corrected chi connectivity index (χ1v) is 8.53. The molecule has 4 rings (SSSR count). The highest BCUT2D eigenvalue weighted by molar-refractivity contribution is 5.98. The number of aromatic amines is 1. The van der Waals surface area contributed by atoms with Crippen LogP contribution in [-0.2, 0) is 13.5 Å². The maximum absolute atomic E-state index is 12.9. The molecule has 1 atom stereocenters. The third-order valence-corrected chi connectivity index (χ3v) is 5.00. The zero-order valence-corrected chi connectivity index (χ0v) is 13.9. The van der Waals surface area contributed by atoms with Crippen LogP contribution in [0.5, 0.6) is 0 Å². The molecular weight excluding hydrogens is 300 g/mol. The normalized spacial score (nSPS) is 18.2. The fourth-order valence-electron chi connectivity index (χ4n) is 3.64. The Hall–Kier alpha value is -2.56. The Morgan fingerprint density at radius 3 is 3.12 bits per heavy atom. The van der Waals surface area contributed by atoms with Crippen molar-refractivity contribution >= 4 is 16.8 Å². The van der Waals surface area contributed by atoms with Crippen LogP contribution >= 0.6 is 0 Å². The van der Waals surface area contributed by atoms with Gasteiger partial charge in [0.1, 0.15) is 5.82 Å². The molecule has 0 bridgehead atoms. The van der Waals surface area contributed by atoms with Crippen molar-refractivity contribution in [2.75, 3.05) is 13.1 Å². The van der Waals surface area contributed by atoms with Gasteiger partial charge in [-0.15, -0.1) is 0 Å². The standard InChI is InChI=1S/C19H22N4O/c1-22-10-8-21-18(22)11-14-3-2-9-23(13-14)19(24)16-4-5-17-15(12-16)6-7-20-17/h4-8,10,12,14,20H,2-3,9,11,13H2,1H3. The minimum absolute atomic E-state index is 0.141. The molecule has 3 aromatic rings. The molecule has 0 spiro atoms. The van der Waals surface area contributed by atoms with E-state index in [-0.39, 0.29) is 5.91 Å². The lowest BCUT2D eigenvalue weighted by Gasteiger charge is -2.32. The van der Waals surface area contributed by atoms with Gasteiger partial charge in [-0.3, -0.25) is 4.79 Å². The van der Waals surface area contributed by atoms with Gasteiger partial charge in [0.25, 0.3) is 5.91 Å². The summed E-state index contributed by atoms with van der Waals surface area (Å²) in [5.41, 5.74) is 1.84. The summed E-state index contributed by atoms with van der Waals surface area (Å²) < 4.78 is 2.07. The molecule has 1 aromatic carbocycles. The van der Waals surface area contributed by atoms with Crippen molar-refractivity contribution in [3.8, 4) is 0 Å². The number of carbonyl (C=O) groups excluding carboxylic acids is 1. The smallest absolute Gasteiger partial charge is 0.253 e. The minimum atomic E-state index is 0.141. The van der Waals surface area contributed by atoms with Crippen molar-refractivity contribution in [3.63, 3.8) is 0 Å². The fraction of sp³-hybridized carbons (Fsp3) is 0.368. The van der Waals surface area contributed by atoms with E-state index in [1.807, 2.05) is 54.8 Å². The number of amides is 1. The second-order valence-electron chi connectivity index (χ2n) is 6.70. The lowest BCUT2D eigenvalue weighted by Crippen LogP contribution is -2.40. The van der Waals surface area contributed by atoms with Gasteiger partial charge in [-0.05, 0) is 43.0 Å². The summed E-state index contributed by atoms with van der Waals surface area (Å²) in [7, 11) is 2.03. The predicted molar refractivity (Wildman–Crippen MR) is 93.8 cm³/mol. The lowest BCUT2D eigenvalue weighted by molar-refractivity contribution is 0.0672. The molecule has 5 nitrogen and oxygen atoms in total. The second kappa shape index (κ2) is 6.15. The highest BCUT2D eigenvalue weighted by Crippen LogP contribution is 2.23. The summed E-state index contributed by atoms with van der Waals surface area (Å²) in [6.45, 7) is 1.66. The first-order chi connectivity index (χ1) is 11.7. The van der Waals surface area contributed by atoms with Crippen molar-refractivity contribution in [1.29, 1.82) is 0 Å². The number of aryl methyl sites for hydroxylation is 1. The van der Waals surface area contributed by atoms with E-state index in [4.69, 9.17) is 0 Å². The van der Waals surface area contributed by atoms with Crippen LogP contribution in [-0.4, -0.2) is 38.4 Å². The highest BCUT2D eigenvalue weighted by atomic mass is 16.2. The van der Waals surface area contributed by atoms with Gasteiger partial charge < -0.3 is 14.5 Å². The van der Waals surface area contributed by atoms with E-state index in [9.17, 15) is 4.79 Å².